The van der Waals surface area contributed by atoms with Gasteiger partial charge in [-0.3, -0.25) is 18.6 Å². The van der Waals surface area contributed by atoms with Crippen LogP contribution in [0, 0.1) is 13.8 Å². The standard InChI is InChI=1S/C43H72NO10P/c1-5-7-8-9-11-16-21-27-38(45)28-22-17-12-10-13-20-25-31-43(47)53-39(35-52-55(48,49)51-33-32-44)34-50-42(46)30-24-19-15-14-18-23-29-41-37(4)36(3)40(54-41)26-6-2/h10-11,13,16-17,21-22,27,38-39,45H,5-9,12,14-15,18-20,23-26,28-35,44H2,1-4H3,(H,48,49)/b13-10+,16-11-,22-17-,27-21-/t38-,39+/m0/s1. The molecule has 0 radical (unpaired) electrons. The Morgan fingerprint density at radius 1 is 0.764 bits per heavy atom. The average Bonchev–Trinajstić information content (AvgIpc) is 3.42. The summed E-state index contributed by atoms with van der Waals surface area (Å²) in [5.41, 5.74) is 7.89. The van der Waals surface area contributed by atoms with Crippen molar-refractivity contribution in [1.29, 1.82) is 0 Å². The predicted octanol–water partition coefficient (Wildman–Crippen LogP) is 9.79. The van der Waals surface area contributed by atoms with Crippen LogP contribution in [-0.4, -0.2) is 60.5 Å². The van der Waals surface area contributed by atoms with E-state index in [-0.39, 0.29) is 32.6 Å². The van der Waals surface area contributed by atoms with E-state index < -0.39 is 38.6 Å². The van der Waals surface area contributed by atoms with Crippen molar-refractivity contribution >= 4 is 19.8 Å². The summed E-state index contributed by atoms with van der Waals surface area (Å²) < 4.78 is 38.8. The smallest absolute Gasteiger partial charge is 0.466 e. The van der Waals surface area contributed by atoms with Crippen LogP contribution in [0.2, 0.25) is 0 Å². The van der Waals surface area contributed by atoms with E-state index in [0.717, 1.165) is 69.3 Å². The van der Waals surface area contributed by atoms with Gasteiger partial charge in [0, 0.05) is 32.2 Å². The minimum atomic E-state index is -4.42. The molecule has 0 saturated heterocycles. The molecule has 0 bridgehead atoms. The summed E-state index contributed by atoms with van der Waals surface area (Å²) in [5, 5.41) is 10.1. The van der Waals surface area contributed by atoms with Gasteiger partial charge in [0.2, 0.25) is 0 Å². The Labute approximate surface area is 331 Å². The van der Waals surface area contributed by atoms with E-state index in [1.165, 1.54) is 30.4 Å². The van der Waals surface area contributed by atoms with Crippen LogP contribution in [0.15, 0.2) is 53.0 Å². The minimum absolute atomic E-state index is 0.0248. The van der Waals surface area contributed by atoms with Crippen molar-refractivity contribution in [2.75, 3.05) is 26.4 Å². The molecule has 0 saturated carbocycles. The van der Waals surface area contributed by atoms with Crippen LogP contribution in [-0.2, 0) is 45.5 Å². The van der Waals surface area contributed by atoms with Crippen LogP contribution in [0.1, 0.15) is 146 Å². The predicted molar refractivity (Wildman–Crippen MR) is 220 cm³/mol. The summed E-state index contributed by atoms with van der Waals surface area (Å²) in [7, 11) is -4.42. The van der Waals surface area contributed by atoms with Crippen LogP contribution in [0.4, 0.5) is 0 Å². The third kappa shape index (κ3) is 26.7. The molecule has 1 aromatic heterocycles. The summed E-state index contributed by atoms with van der Waals surface area (Å²) in [6.45, 7) is 7.67. The number of phosphoric acid groups is 1. The van der Waals surface area contributed by atoms with Crippen molar-refractivity contribution < 1.29 is 47.1 Å². The molecule has 0 aliphatic heterocycles. The van der Waals surface area contributed by atoms with Gasteiger partial charge < -0.3 is 29.6 Å². The molecule has 11 nitrogen and oxygen atoms in total. The zero-order valence-electron chi connectivity index (χ0n) is 34.2. The quantitative estimate of drug-likeness (QED) is 0.0200. The lowest BCUT2D eigenvalue weighted by atomic mass is 10.0. The lowest BCUT2D eigenvalue weighted by molar-refractivity contribution is -0.161. The van der Waals surface area contributed by atoms with E-state index in [9.17, 15) is 24.2 Å². The number of carbonyl (C=O) groups is 2. The summed E-state index contributed by atoms with van der Waals surface area (Å²) in [6, 6.07) is 0. The second kappa shape index (κ2) is 32.3. The molecule has 1 aromatic rings. The molecule has 0 amide bonds. The van der Waals surface area contributed by atoms with Gasteiger partial charge in [0.05, 0.1) is 19.3 Å². The van der Waals surface area contributed by atoms with Crippen LogP contribution >= 0.6 is 7.82 Å². The number of carbonyl (C=O) groups excluding carboxylic acids is 2. The lowest BCUT2D eigenvalue weighted by Crippen LogP contribution is -2.29. The fourth-order valence-corrected chi connectivity index (χ4v) is 6.40. The number of aliphatic hydroxyl groups is 1. The number of furan rings is 1. The van der Waals surface area contributed by atoms with Gasteiger partial charge in [-0.2, -0.15) is 0 Å². The van der Waals surface area contributed by atoms with Crippen LogP contribution < -0.4 is 5.73 Å². The number of nitrogens with two attached hydrogens (primary N) is 1. The number of aliphatic hydroxyl groups excluding tert-OH is 1. The molecule has 0 spiro atoms. The van der Waals surface area contributed by atoms with E-state index in [1.807, 2.05) is 36.5 Å². The van der Waals surface area contributed by atoms with Crippen molar-refractivity contribution in [3.8, 4) is 0 Å². The van der Waals surface area contributed by atoms with Crippen molar-refractivity contribution in [2.24, 2.45) is 5.73 Å². The van der Waals surface area contributed by atoms with Gasteiger partial charge in [0.25, 0.3) is 0 Å². The topological polar surface area (TPSA) is 168 Å². The summed E-state index contributed by atoms with van der Waals surface area (Å²) >= 11 is 0. The largest absolute Gasteiger partial charge is 0.472 e. The van der Waals surface area contributed by atoms with Gasteiger partial charge in [-0.25, -0.2) is 4.57 Å². The lowest BCUT2D eigenvalue weighted by Gasteiger charge is -2.19. The zero-order chi connectivity index (χ0) is 40.6. The first-order valence-electron chi connectivity index (χ1n) is 20.6. The van der Waals surface area contributed by atoms with E-state index in [4.69, 9.17) is 28.7 Å². The molecule has 1 rings (SSSR count). The first kappa shape index (κ1) is 50.2. The van der Waals surface area contributed by atoms with Crippen molar-refractivity contribution in [3.63, 3.8) is 0 Å². The van der Waals surface area contributed by atoms with E-state index in [2.05, 4.69) is 33.8 Å². The summed E-state index contributed by atoms with van der Waals surface area (Å²) in [4.78, 5) is 34.9. The van der Waals surface area contributed by atoms with Gasteiger partial charge >= 0.3 is 19.8 Å². The maximum Gasteiger partial charge on any atom is 0.472 e. The van der Waals surface area contributed by atoms with Crippen molar-refractivity contribution in [3.05, 3.63) is 71.3 Å². The highest BCUT2D eigenvalue weighted by molar-refractivity contribution is 7.47. The number of phosphoric ester groups is 1. The van der Waals surface area contributed by atoms with E-state index in [0.29, 0.717) is 32.1 Å². The van der Waals surface area contributed by atoms with Crippen LogP contribution in [0.5, 0.6) is 0 Å². The zero-order valence-corrected chi connectivity index (χ0v) is 35.1. The molecule has 1 unspecified atom stereocenters. The maximum absolute atomic E-state index is 12.6. The molecule has 1 heterocycles. The molecule has 0 aromatic carbocycles. The monoisotopic (exact) mass is 793 g/mol. The molecule has 55 heavy (non-hydrogen) atoms. The number of hydrogen-bond acceptors (Lipinski definition) is 10. The summed E-state index contributed by atoms with van der Waals surface area (Å²) in [5.74, 6) is 1.25. The Balaban J connectivity index is 2.36. The molecule has 0 fully saturated rings. The summed E-state index contributed by atoms with van der Waals surface area (Å²) in [6.07, 6.45) is 30.4. The number of allylic oxidation sites excluding steroid dienone is 6. The molecule has 0 aliphatic rings. The Kier molecular flexibility index (Phi) is 29.5. The van der Waals surface area contributed by atoms with E-state index in [1.54, 1.807) is 6.08 Å². The average molecular weight is 794 g/mol. The number of rotatable bonds is 34. The normalized spacial score (nSPS) is 14.4. The Bertz CT molecular complexity index is 1330. The highest BCUT2D eigenvalue weighted by Crippen LogP contribution is 2.43. The third-order valence-corrected chi connectivity index (χ3v) is 9.96. The maximum atomic E-state index is 12.6. The van der Waals surface area contributed by atoms with Gasteiger partial charge in [-0.15, -0.1) is 0 Å². The number of esters is 2. The number of ether oxygens (including phenoxy) is 2. The molecule has 314 valence electrons. The Morgan fingerprint density at radius 3 is 2.16 bits per heavy atom. The number of aryl methyl sites for hydroxylation is 2. The molecule has 3 atom stereocenters. The highest BCUT2D eigenvalue weighted by Gasteiger charge is 2.26. The van der Waals surface area contributed by atoms with Crippen LogP contribution in [0.25, 0.3) is 0 Å². The van der Waals surface area contributed by atoms with Crippen LogP contribution in [0.3, 0.4) is 0 Å². The number of hydrogen-bond donors (Lipinski definition) is 3. The minimum Gasteiger partial charge on any atom is -0.466 e. The molecule has 0 aliphatic carbocycles. The highest BCUT2D eigenvalue weighted by atomic mass is 31.2. The Morgan fingerprint density at radius 2 is 1.44 bits per heavy atom. The van der Waals surface area contributed by atoms with Gasteiger partial charge in [-0.1, -0.05) is 101 Å². The van der Waals surface area contributed by atoms with E-state index >= 15 is 0 Å². The third-order valence-electron chi connectivity index (χ3n) is 8.97. The molecular weight excluding hydrogens is 721 g/mol. The Hall–Kier alpha value is -2.79. The fraction of sp³-hybridized carbons (Fsp3) is 0.674. The molecule has 4 N–H and O–H groups in total. The molecular formula is C43H72NO10P. The first-order valence-corrected chi connectivity index (χ1v) is 22.1. The van der Waals surface area contributed by atoms with Crippen molar-refractivity contribution in [2.45, 2.75) is 162 Å². The molecule has 12 heteroatoms. The van der Waals surface area contributed by atoms with Gasteiger partial charge in [0.1, 0.15) is 18.1 Å². The van der Waals surface area contributed by atoms with Gasteiger partial charge in [-0.05, 0) is 82.8 Å². The van der Waals surface area contributed by atoms with Gasteiger partial charge in [0.15, 0.2) is 6.10 Å². The van der Waals surface area contributed by atoms with Crippen molar-refractivity contribution in [1.82, 2.24) is 0 Å². The second-order valence-corrected chi connectivity index (χ2v) is 15.4. The fourth-order valence-electron chi connectivity index (χ4n) is 5.63. The second-order valence-electron chi connectivity index (χ2n) is 13.9. The first-order chi connectivity index (χ1) is 26.5. The SMILES string of the molecule is CCCCC/C=C\C=C/[C@H](O)C/C=C\C/C=C/CCCC(=O)O[C@H](COC(=O)CCCCCCCCc1oc(CCC)c(C)c1C)COP(=O)(O)OCCN. The number of unbranched alkanes of at least 4 members (excludes halogenated alkanes) is 9.